The highest BCUT2D eigenvalue weighted by Crippen LogP contribution is 2.36. The van der Waals surface area contributed by atoms with Gasteiger partial charge in [0, 0.05) is 26.2 Å². The first-order valence-electron chi connectivity index (χ1n) is 10.3. The van der Waals surface area contributed by atoms with Gasteiger partial charge in [-0.15, -0.1) is 11.3 Å². The number of rotatable bonds is 4. The number of amides is 4. The van der Waals surface area contributed by atoms with Crippen molar-refractivity contribution >= 4 is 50.8 Å². The van der Waals surface area contributed by atoms with Crippen LogP contribution in [0, 0.1) is 5.92 Å². The normalized spacial score (nSPS) is 27.7. The largest absolute Gasteiger partial charge is 0.338 e. The fraction of sp³-hybridized carbons (Fsp3) is 0.632. The van der Waals surface area contributed by atoms with Gasteiger partial charge in [-0.2, -0.15) is 4.31 Å². The molecule has 1 N–H and O–H groups in total. The van der Waals surface area contributed by atoms with Crippen molar-refractivity contribution in [3.05, 3.63) is 16.5 Å². The van der Waals surface area contributed by atoms with Gasteiger partial charge in [-0.1, -0.05) is 18.5 Å². The second-order valence-corrected chi connectivity index (χ2v) is 12.3. The van der Waals surface area contributed by atoms with E-state index < -0.39 is 21.6 Å². The Morgan fingerprint density at radius 1 is 1.19 bits per heavy atom. The number of thiophene rings is 1. The summed E-state index contributed by atoms with van der Waals surface area (Å²) in [6.07, 6.45) is 2.90. The van der Waals surface area contributed by atoms with Crippen LogP contribution in [-0.2, 0) is 19.6 Å². The first-order valence-corrected chi connectivity index (χ1v) is 12.9. The molecular formula is C19H25ClN4O5S2. The fourth-order valence-corrected chi connectivity index (χ4v) is 7.45. The molecule has 1 aliphatic carbocycles. The predicted molar refractivity (Wildman–Crippen MR) is 115 cm³/mol. The fourth-order valence-electron chi connectivity index (χ4n) is 4.39. The van der Waals surface area contributed by atoms with Crippen LogP contribution in [-0.4, -0.2) is 78.6 Å². The number of imide groups is 1. The molecule has 3 heterocycles. The minimum absolute atomic E-state index is 0.144. The van der Waals surface area contributed by atoms with Crippen LogP contribution >= 0.6 is 22.9 Å². The number of hydrogen-bond acceptors (Lipinski definition) is 6. The molecule has 1 aromatic rings. The van der Waals surface area contributed by atoms with Gasteiger partial charge in [0.05, 0.1) is 4.34 Å². The molecule has 3 aliphatic rings. The Bertz CT molecular complexity index is 995. The molecule has 4 rings (SSSR count). The Kier molecular flexibility index (Phi) is 6.06. The standard InChI is InChI=1S/C19H25ClN4O5S2/c1-13-4-6-19(7-5-13)17(26)24(18(27)21-19)12-15(25)22-8-10-23(11-9-22)31(28,29)16-3-2-14(20)30-16/h2-3,13H,4-12H2,1H3,(H,21,27). The summed E-state index contributed by atoms with van der Waals surface area (Å²) >= 11 is 6.85. The van der Waals surface area contributed by atoms with Crippen LogP contribution in [0.1, 0.15) is 32.6 Å². The van der Waals surface area contributed by atoms with E-state index in [1.54, 1.807) is 0 Å². The molecule has 170 valence electrons. The lowest BCUT2D eigenvalue weighted by molar-refractivity contribution is -0.140. The molecule has 0 aromatic carbocycles. The van der Waals surface area contributed by atoms with Crippen molar-refractivity contribution in [3.8, 4) is 0 Å². The van der Waals surface area contributed by atoms with Crippen molar-refractivity contribution in [2.45, 2.75) is 42.4 Å². The molecule has 0 bridgehead atoms. The molecule has 0 unspecified atom stereocenters. The second kappa shape index (κ2) is 8.34. The van der Waals surface area contributed by atoms with Gasteiger partial charge < -0.3 is 10.2 Å². The van der Waals surface area contributed by atoms with Crippen molar-refractivity contribution in [3.63, 3.8) is 0 Å². The molecule has 1 spiro atoms. The number of carbonyl (C=O) groups excluding carboxylic acids is 3. The first kappa shape index (κ1) is 22.5. The maximum atomic E-state index is 12.9. The predicted octanol–water partition coefficient (Wildman–Crippen LogP) is 1.74. The molecular weight excluding hydrogens is 464 g/mol. The van der Waals surface area contributed by atoms with Crippen LogP contribution in [0.5, 0.6) is 0 Å². The van der Waals surface area contributed by atoms with E-state index in [0.29, 0.717) is 23.1 Å². The highest BCUT2D eigenvalue weighted by Gasteiger charge is 2.52. The Morgan fingerprint density at radius 2 is 1.84 bits per heavy atom. The van der Waals surface area contributed by atoms with Gasteiger partial charge in [0.15, 0.2) is 0 Å². The quantitative estimate of drug-likeness (QED) is 0.649. The summed E-state index contributed by atoms with van der Waals surface area (Å²) in [6, 6.07) is 2.49. The number of urea groups is 1. The van der Waals surface area contributed by atoms with Gasteiger partial charge in [0.25, 0.3) is 15.9 Å². The number of nitrogens with one attached hydrogen (secondary N) is 1. The highest BCUT2D eigenvalue weighted by molar-refractivity contribution is 7.91. The van der Waals surface area contributed by atoms with Crippen molar-refractivity contribution in [1.29, 1.82) is 0 Å². The number of halogens is 1. The third-order valence-corrected chi connectivity index (χ3v) is 10.00. The van der Waals surface area contributed by atoms with Gasteiger partial charge in [-0.25, -0.2) is 13.2 Å². The molecule has 2 saturated heterocycles. The Hall–Kier alpha value is -1.69. The van der Waals surface area contributed by atoms with Crippen LogP contribution in [0.4, 0.5) is 4.79 Å². The van der Waals surface area contributed by atoms with E-state index in [4.69, 9.17) is 11.6 Å². The maximum Gasteiger partial charge on any atom is 0.325 e. The van der Waals surface area contributed by atoms with Gasteiger partial charge in [0.1, 0.15) is 16.3 Å². The molecule has 3 fully saturated rings. The van der Waals surface area contributed by atoms with Crippen LogP contribution in [0.15, 0.2) is 16.3 Å². The molecule has 4 amide bonds. The highest BCUT2D eigenvalue weighted by atomic mass is 35.5. The summed E-state index contributed by atoms with van der Waals surface area (Å²) in [6.45, 7) is 2.49. The number of hydrogen-bond donors (Lipinski definition) is 1. The van der Waals surface area contributed by atoms with Crippen molar-refractivity contribution in [2.75, 3.05) is 32.7 Å². The number of piperazine rings is 1. The SMILES string of the molecule is CC1CCC2(CC1)NC(=O)N(CC(=O)N1CCN(S(=O)(=O)c3ccc(Cl)s3)CC1)C2=O. The van der Waals surface area contributed by atoms with Crippen molar-refractivity contribution in [2.24, 2.45) is 5.92 Å². The smallest absolute Gasteiger partial charge is 0.325 e. The summed E-state index contributed by atoms with van der Waals surface area (Å²) < 4.78 is 27.3. The van der Waals surface area contributed by atoms with Crippen LogP contribution in [0.25, 0.3) is 0 Å². The van der Waals surface area contributed by atoms with E-state index in [2.05, 4.69) is 12.2 Å². The topological polar surface area (TPSA) is 107 Å². The van der Waals surface area contributed by atoms with Gasteiger partial charge in [0.2, 0.25) is 5.91 Å². The van der Waals surface area contributed by atoms with E-state index >= 15 is 0 Å². The zero-order valence-electron chi connectivity index (χ0n) is 17.2. The lowest BCUT2D eigenvalue weighted by Crippen LogP contribution is -2.53. The third kappa shape index (κ3) is 4.20. The lowest BCUT2D eigenvalue weighted by atomic mass is 9.77. The van der Waals surface area contributed by atoms with Gasteiger partial charge in [-0.05, 0) is 43.7 Å². The average Bonchev–Trinajstić information content (AvgIpc) is 3.28. The summed E-state index contributed by atoms with van der Waals surface area (Å²) in [7, 11) is -3.65. The number of sulfonamides is 1. The molecule has 12 heteroatoms. The summed E-state index contributed by atoms with van der Waals surface area (Å²) in [4.78, 5) is 40.6. The Balaban J connectivity index is 1.35. The molecule has 1 saturated carbocycles. The second-order valence-electron chi connectivity index (χ2n) is 8.43. The molecule has 9 nitrogen and oxygen atoms in total. The summed E-state index contributed by atoms with van der Waals surface area (Å²) in [5.41, 5.74) is -0.876. The number of nitrogens with zero attached hydrogens (tertiary/aromatic N) is 3. The number of carbonyl (C=O) groups is 3. The monoisotopic (exact) mass is 488 g/mol. The minimum Gasteiger partial charge on any atom is -0.338 e. The van der Waals surface area contributed by atoms with E-state index in [1.165, 1.54) is 21.3 Å². The zero-order chi connectivity index (χ0) is 22.4. The van der Waals surface area contributed by atoms with E-state index in [-0.39, 0.29) is 48.7 Å². The van der Waals surface area contributed by atoms with Crippen LogP contribution in [0.3, 0.4) is 0 Å². The molecule has 1 aromatic heterocycles. The third-order valence-electron chi connectivity index (χ3n) is 6.40. The minimum atomic E-state index is -3.65. The molecule has 31 heavy (non-hydrogen) atoms. The van der Waals surface area contributed by atoms with Crippen LogP contribution in [0.2, 0.25) is 4.34 Å². The molecule has 0 radical (unpaired) electrons. The summed E-state index contributed by atoms with van der Waals surface area (Å²) in [5, 5.41) is 2.81. The lowest BCUT2D eigenvalue weighted by Gasteiger charge is -2.35. The molecule has 2 aliphatic heterocycles. The van der Waals surface area contributed by atoms with Crippen molar-refractivity contribution in [1.82, 2.24) is 19.4 Å². The van der Waals surface area contributed by atoms with Gasteiger partial charge >= 0.3 is 6.03 Å². The Labute approximate surface area is 190 Å². The Morgan fingerprint density at radius 3 is 2.42 bits per heavy atom. The van der Waals surface area contributed by atoms with Gasteiger partial charge in [-0.3, -0.25) is 14.5 Å². The first-order chi connectivity index (χ1) is 14.6. The molecule has 0 atom stereocenters. The zero-order valence-corrected chi connectivity index (χ0v) is 19.6. The van der Waals surface area contributed by atoms with E-state index in [0.717, 1.165) is 29.1 Å². The van der Waals surface area contributed by atoms with E-state index in [1.807, 2.05) is 0 Å². The summed E-state index contributed by atoms with van der Waals surface area (Å²) in [5.74, 6) is -0.168. The van der Waals surface area contributed by atoms with Crippen LogP contribution < -0.4 is 5.32 Å². The average molecular weight is 489 g/mol. The van der Waals surface area contributed by atoms with E-state index in [9.17, 15) is 22.8 Å². The maximum absolute atomic E-state index is 12.9. The van der Waals surface area contributed by atoms with Crippen molar-refractivity contribution < 1.29 is 22.8 Å².